The number of nitrogens with zero attached hydrogens (tertiary/aromatic N) is 1. The van der Waals surface area contributed by atoms with E-state index in [4.69, 9.17) is 17.2 Å². The van der Waals surface area contributed by atoms with Gasteiger partial charge in [-0.3, -0.25) is 14.4 Å². The molecule has 1 aromatic carbocycles. The molecule has 3 amide bonds. The highest BCUT2D eigenvalue weighted by molar-refractivity contribution is 5.77. The number of nitrogens with one attached hydrogen (secondary N) is 3. The van der Waals surface area contributed by atoms with E-state index in [1.807, 2.05) is 0 Å². The van der Waals surface area contributed by atoms with E-state index in [0.29, 0.717) is 74.4 Å². The summed E-state index contributed by atoms with van der Waals surface area (Å²) in [5, 5.41) is 10.4. The van der Waals surface area contributed by atoms with E-state index < -0.39 is 0 Å². The number of nitrogens with two attached hydrogens (primary N) is 3. The zero-order valence-electron chi connectivity index (χ0n) is 32.0. The zero-order valence-corrected chi connectivity index (χ0v) is 32.0. The van der Waals surface area contributed by atoms with Crippen molar-refractivity contribution < 1.29 is 14.4 Å². The average molecular weight is 708 g/mol. The molecule has 0 radical (unpaired) electrons. The smallest absolute Gasteiger partial charge is 0.221 e. The molecule has 7 unspecified atom stereocenters. The predicted octanol–water partition coefficient (Wildman–Crippen LogP) is 3.91. The van der Waals surface area contributed by atoms with Crippen molar-refractivity contribution in [3.63, 3.8) is 0 Å². The molecule has 0 heterocycles. The van der Waals surface area contributed by atoms with Crippen LogP contribution in [-0.4, -0.2) is 74.0 Å². The normalized spacial score (nSPS) is 34.9. The number of amides is 3. The van der Waals surface area contributed by atoms with Crippen LogP contribution in [0.1, 0.15) is 103 Å². The Labute approximate surface area is 307 Å². The molecule has 4 saturated carbocycles. The summed E-state index contributed by atoms with van der Waals surface area (Å²) in [6.45, 7) is 10.4. The van der Waals surface area contributed by atoms with E-state index in [0.717, 1.165) is 70.9 Å². The van der Waals surface area contributed by atoms with E-state index in [2.05, 4.69) is 79.0 Å². The average Bonchev–Trinajstić information content (AvgIpc) is 3.44. The van der Waals surface area contributed by atoms with Crippen LogP contribution in [0.25, 0.3) is 0 Å². The first kappa shape index (κ1) is 39.7. The van der Waals surface area contributed by atoms with Crippen LogP contribution in [0.3, 0.4) is 0 Å². The summed E-state index contributed by atoms with van der Waals surface area (Å²) in [7, 11) is 2.21. The third kappa shape index (κ3) is 8.82. The van der Waals surface area contributed by atoms with Gasteiger partial charge in [-0.2, -0.15) is 0 Å². The minimum absolute atomic E-state index is 0.0256. The van der Waals surface area contributed by atoms with Crippen molar-refractivity contribution >= 4 is 17.7 Å². The second-order valence-corrected chi connectivity index (χ2v) is 17.3. The first-order valence-electron chi connectivity index (χ1n) is 20.1. The maximum Gasteiger partial charge on any atom is 0.221 e. The first-order chi connectivity index (χ1) is 24.4. The number of hydrogen-bond acceptors (Lipinski definition) is 7. The van der Waals surface area contributed by atoms with Crippen LogP contribution in [-0.2, 0) is 20.9 Å². The summed E-state index contributed by atoms with van der Waals surface area (Å²) in [4.78, 5) is 41.7. The van der Waals surface area contributed by atoms with Gasteiger partial charge in [0.15, 0.2) is 0 Å². The second-order valence-electron chi connectivity index (χ2n) is 17.3. The Morgan fingerprint density at radius 1 is 0.843 bits per heavy atom. The molecule has 286 valence electrons. The van der Waals surface area contributed by atoms with Crippen molar-refractivity contribution in [2.75, 3.05) is 33.2 Å². The number of carbonyl (C=O) groups is 3. The lowest BCUT2D eigenvalue weighted by atomic mass is 9.42. The Kier molecular flexibility index (Phi) is 13.6. The molecule has 0 aliphatic heterocycles. The van der Waals surface area contributed by atoms with Gasteiger partial charge in [0.25, 0.3) is 0 Å². The molecule has 10 nitrogen and oxygen atoms in total. The molecular formula is C41H69N7O3. The van der Waals surface area contributed by atoms with Crippen molar-refractivity contribution in [1.29, 1.82) is 0 Å². The minimum atomic E-state index is -0.0891. The highest BCUT2D eigenvalue weighted by Gasteiger charge is 2.66. The van der Waals surface area contributed by atoms with Gasteiger partial charge in [-0.1, -0.05) is 51.1 Å². The van der Waals surface area contributed by atoms with Crippen LogP contribution in [0.5, 0.6) is 0 Å². The summed E-state index contributed by atoms with van der Waals surface area (Å²) in [5.74, 6) is 2.53. The van der Waals surface area contributed by atoms with Gasteiger partial charge >= 0.3 is 0 Å². The largest absolute Gasteiger partial charge is 0.353 e. The van der Waals surface area contributed by atoms with Gasteiger partial charge in [0.2, 0.25) is 17.7 Å². The lowest BCUT2D eigenvalue weighted by Gasteiger charge is -2.65. The quantitative estimate of drug-likeness (QED) is 0.151. The number of rotatable bonds is 16. The molecule has 9 N–H and O–H groups in total. The van der Waals surface area contributed by atoms with Crippen LogP contribution in [0.2, 0.25) is 0 Å². The van der Waals surface area contributed by atoms with Crippen molar-refractivity contribution in [3.8, 4) is 0 Å². The van der Waals surface area contributed by atoms with Crippen molar-refractivity contribution in [2.45, 2.75) is 122 Å². The Hall–Kier alpha value is -2.53. The van der Waals surface area contributed by atoms with Crippen LogP contribution in [0.4, 0.5) is 0 Å². The van der Waals surface area contributed by atoms with Crippen LogP contribution < -0.4 is 33.2 Å². The lowest BCUT2D eigenvalue weighted by Crippen LogP contribution is -2.67. The summed E-state index contributed by atoms with van der Waals surface area (Å²) in [5.41, 5.74) is 18.8. The van der Waals surface area contributed by atoms with Gasteiger partial charge < -0.3 is 38.1 Å². The summed E-state index contributed by atoms with van der Waals surface area (Å²) >= 11 is 0. The molecule has 4 fully saturated rings. The van der Waals surface area contributed by atoms with Crippen LogP contribution in [0, 0.1) is 46.3 Å². The molecule has 0 saturated heterocycles. The summed E-state index contributed by atoms with van der Waals surface area (Å²) in [6.07, 6.45) is 10.3. The third-order valence-corrected chi connectivity index (χ3v) is 14.3. The molecular weight excluding hydrogens is 638 g/mol. The Morgan fingerprint density at radius 2 is 1.49 bits per heavy atom. The van der Waals surface area contributed by atoms with Gasteiger partial charge in [0.1, 0.15) is 0 Å². The fraction of sp³-hybridized carbons (Fsp3) is 0.780. The molecule has 10 heteroatoms. The predicted molar refractivity (Wildman–Crippen MR) is 204 cm³/mol. The second kappa shape index (κ2) is 17.5. The monoisotopic (exact) mass is 708 g/mol. The molecule has 51 heavy (non-hydrogen) atoms. The highest BCUT2D eigenvalue weighted by atomic mass is 16.2. The Balaban J connectivity index is 1.39. The molecule has 4 aliphatic carbocycles. The summed E-state index contributed by atoms with van der Waals surface area (Å²) < 4.78 is 0. The van der Waals surface area contributed by atoms with Crippen LogP contribution >= 0.6 is 0 Å². The molecule has 4 aliphatic rings. The van der Waals surface area contributed by atoms with E-state index in [1.54, 1.807) is 0 Å². The topological polar surface area (TPSA) is 169 Å². The highest BCUT2D eigenvalue weighted by Crippen LogP contribution is 2.68. The third-order valence-electron chi connectivity index (χ3n) is 14.3. The molecule has 11 atom stereocenters. The first-order valence-corrected chi connectivity index (χ1v) is 20.1. The van der Waals surface area contributed by atoms with Gasteiger partial charge in [-0.25, -0.2) is 0 Å². The number of fused-ring (bicyclic) bond motifs is 5. The van der Waals surface area contributed by atoms with E-state index in [9.17, 15) is 14.4 Å². The van der Waals surface area contributed by atoms with Gasteiger partial charge in [-0.15, -0.1) is 0 Å². The van der Waals surface area contributed by atoms with Crippen LogP contribution in [0.15, 0.2) is 30.3 Å². The molecule has 1 aromatic rings. The summed E-state index contributed by atoms with van der Waals surface area (Å²) in [6, 6.07) is 10.9. The Morgan fingerprint density at radius 3 is 2.16 bits per heavy atom. The van der Waals surface area contributed by atoms with Gasteiger partial charge in [0.05, 0.1) is 0 Å². The number of benzene rings is 1. The van der Waals surface area contributed by atoms with Gasteiger partial charge in [-0.05, 0) is 123 Å². The van der Waals surface area contributed by atoms with E-state index in [-0.39, 0.29) is 46.7 Å². The lowest BCUT2D eigenvalue weighted by molar-refractivity contribution is -0.153. The Bertz CT molecular complexity index is 1310. The van der Waals surface area contributed by atoms with E-state index in [1.165, 1.54) is 5.56 Å². The fourth-order valence-corrected chi connectivity index (χ4v) is 11.8. The SMILES string of the molecule is CC(CCCN(C)Cc1ccccc1)C1CC[C@H]2C3[C@H](NC(=O)CCN)CC4CC(NC(=O)CCN)CCC4(C)[C@H]3C[C@H](NC(=O)CCN)C12C. The maximum atomic E-state index is 13.4. The number of hydrogen-bond donors (Lipinski definition) is 6. The maximum absolute atomic E-state index is 13.4. The molecule has 5 rings (SSSR count). The fourth-order valence-electron chi connectivity index (χ4n) is 11.8. The zero-order chi connectivity index (χ0) is 36.8. The van der Waals surface area contributed by atoms with E-state index >= 15 is 0 Å². The molecule has 0 bridgehead atoms. The van der Waals surface area contributed by atoms with Crippen molar-refractivity contribution in [1.82, 2.24) is 20.9 Å². The van der Waals surface area contributed by atoms with Crippen molar-refractivity contribution in [2.24, 2.45) is 63.5 Å². The standard InChI is InChI=1S/C41H69N7O3/c1-27(9-8-22-48(4)26-28-10-6-5-7-11-28)31-12-13-32-39-33(25-35(41(31,32)3)47-38(51)17-21-44)40(2)18-14-30(45-36(49)15-19-42)23-29(40)24-34(39)46-37(50)16-20-43/h5-7,10-11,27,29-35,39H,8-9,12-26,42-44H2,1-4H3,(H,45,49)(H,46,50)(H,47,51)/t27?,29?,30?,31?,32-,33-,34+,35-,39?,40?,41?/m0/s1. The number of carbonyl (C=O) groups excluding carboxylic acids is 3. The minimum Gasteiger partial charge on any atom is -0.353 e. The van der Waals surface area contributed by atoms with Gasteiger partial charge in [0, 0.05) is 63.6 Å². The van der Waals surface area contributed by atoms with Crippen molar-refractivity contribution in [3.05, 3.63) is 35.9 Å². The molecule has 0 spiro atoms. The molecule has 0 aromatic heterocycles.